The van der Waals surface area contributed by atoms with Crippen LogP contribution < -0.4 is 5.32 Å². The van der Waals surface area contributed by atoms with Gasteiger partial charge in [-0.2, -0.15) is 0 Å². The first-order valence-corrected chi connectivity index (χ1v) is 16.5. The van der Waals surface area contributed by atoms with E-state index in [0.29, 0.717) is 18.3 Å². The van der Waals surface area contributed by atoms with Gasteiger partial charge in [-0.05, 0) is 86.8 Å². The van der Waals surface area contributed by atoms with Crippen LogP contribution in [0.5, 0.6) is 0 Å². The predicted octanol–water partition coefficient (Wildman–Crippen LogP) is 10.2. The summed E-state index contributed by atoms with van der Waals surface area (Å²) in [4.78, 5) is 2.10. The Morgan fingerprint density at radius 2 is 1.88 bits per heavy atom. The SMILES string of the molecule is C=C1NCCC(CCCCCc2ccc(C(=C)N(C)C)c(CC)c2)CCC(C)CC(C)(F)C1C1=CCCC(CC)=C1. The molecular weight excluding hydrogens is 503 g/mol. The number of halogens is 1. The lowest BCUT2D eigenvalue weighted by Gasteiger charge is -2.36. The summed E-state index contributed by atoms with van der Waals surface area (Å²) in [6, 6.07) is 6.95. The number of nitrogens with zero attached hydrogens (tertiary/aromatic N) is 1. The molecule has 1 heterocycles. The number of nitrogens with one attached hydrogen (secondary N) is 1. The van der Waals surface area contributed by atoms with Crippen molar-refractivity contribution in [1.82, 2.24) is 10.2 Å². The molecule has 3 heteroatoms. The van der Waals surface area contributed by atoms with Crippen LogP contribution >= 0.6 is 0 Å². The van der Waals surface area contributed by atoms with Gasteiger partial charge in [0.15, 0.2) is 0 Å². The van der Waals surface area contributed by atoms with Crippen LogP contribution in [0.25, 0.3) is 5.70 Å². The van der Waals surface area contributed by atoms with E-state index in [1.807, 2.05) is 6.92 Å². The zero-order valence-corrected chi connectivity index (χ0v) is 27.3. The molecule has 228 valence electrons. The fourth-order valence-corrected chi connectivity index (χ4v) is 7.13. The van der Waals surface area contributed by atoms with Gasteiger partial charge in [0.25, 0.3) is 0 Å². The van der Waals surface area contributed by atoms with Crippen LogP contribution in [0.4, 0.5) is 4.39 Å². The standard InChI is InChI=1S/C38H59FN2/c1-9-31-17-14-18-35(25-31)37-29(4)40-24-23-32(20-19-28(3)27-38(37,6)39)15-12-11-13-16-33-21-22-36(30(5)41(7)8)34(10-2)26-33/h18,21-22,25-26,28,32,37,40H,4-5,9-17,19-20,23-24,27H2,1-3,6-8H3. The highest BCUT2D eigenvalue weighted by molar-refractivity contribution is 5.65. The Labute approximate surface area is 252 Å². The molecule has 1 aliphatic carbocycles. The third-order valence-corrected chi connectivity index (χ3v) is 9.65. The van der Waals surface area contributed by atoms with Gasteiger partial charge >= 0.3 is 0 Å². The molecule has 1 saturated heterocycles. The highest BCUT2D eigenvalue weighted by Gasteiger charge is 2.40. The molecule has 1 aromatic rings. The molecule has 0 saturated carbocycles. The maximum Gasteiger partial charge on any atom is 0.120 e. The summed E-state index contributed by atoms with van der Waals surface area (Å²) in [5.41, 5.74) is 7.36. The van der Waals surface area contributed by atoms with Crippen LogP contribution in [-0.4, -0.2) is 31.2 Å². The molecule has 1 aliphatic heterocycles. The van der Waals surface area contributed by atoms with Gasteiger partial charge in [0.1, 0.15) is 5.67 Å². The van der Waals surface area contributed by atoms with Crippen molar-refractivity contribution in [3.8, 4) is 0 Å². The Hall–Kier alpha value is -2.29. The number of alkyl halides is 1. The number of hydrogen-bond acceptors (Lipinski definition) is 2. The van der Waals surface area contributed by atoms with E-state index in [2.05, 4.69) is 88.6 Å². The maximum atomic E-state index is 16.4. The zero-order chi connectivity index (χ0) is 30.0. The first-order valence-electron chi connectivity index (χ1n) is 16.5. The second kappa shape index (κ2) is 15.8. The molecule has 2 nitrogen and oxygen atoms in total. The quantitative estimate of drug-likeness (QED) is 0.270. The van der Waals surface area contributed by atoms with Crippen molar-refractivity contribution in [3.63, 3.8) is 0 Å². The van der Waals surface area contributed by atoms with E-state index < -0.39 is 5.67 Å². The summed E-state index contributed by atoms with van der Waals surface area (Å²) in [5, 5.41) is 3.60. The van der Waals surface area contributed by atoms with Crippen molar-refractivity contribution in [2.24, 2.45) is 17.8 Å². The van der Waals surface area contributed by atoms with Crippen LogP contribution in [0.2, 0.25) is 0 Å². The fraction of sp³-hybridized carbons (Fsp3) is 0.632. The molecule has 41 heavy (non-hydrogen) atoms. The third kappa shape index (κ3) is 9.62. The molecule has 3 rings (SSSR count). The first-order chi connectivity index (χ1) is 19.6. The molecule has 2 aliphatic rings. The van der Waals surface area contributed by atoms with E-state index in [-0.39, 0.29) is 5.92 Å². The molecule has 1 fully saturated rings. The van der Waals surface area contributed by atoms with E-state index >= 15 is 4.39 Å². The molecule has 0 aromatic heterocycles. The van der Waals surface area contributed by atoms with Gasteiger partial charge in [-0.15, -0.1) is 0 Å². The molecule has 0 spiro atoms. The van der Waals surface area contributed by atoms with Crippen LogP contribution in [0.15, 0.2) is 60.4 Å². The van der Waals surface area contributed by atoms with E-state index in [4.69, 9.17) is 0 Å². The smallest absolute Gasteiger partial charge is 0.120 e. The molecule has 4 atom stereocenters. The molecule has 0 radical (unpaired) electrons. The molecule has 0 bridgehead atoms. The minimum atomic E-state index is -1.29. The van der Waals surface area contributed by atoms with Crippen molar-refractivity contribution in [2.45, 2.75) is 117 Å². The molecule has 0 amide bonds. The van der Waals surface area contributed by atoms with Crippen molar-refractivity contribution in [3.05, 3.63) is 77.0 Å². The van der Waals surface area contributed by atoms with Crippen molar-refractivity contribution < 1.29 is 4.39 Å². The Morgan fingerprint density at radius 3 is 2.59 bits per heavy atom. The molecule has 1 N–H and O–H groups in total. The lowest BCUT2D eigenvalue weighted by Crippen LogP contribution is -2.38. The average molecular weight is 563 g/mol. The lowest BCUT2D eigenvalue weighted by atomic mass is 9.74. The molecule has 1 aromatic carbocycles. The maximum absolute atomic E-state index is 16.4. The van der Waals surface area contributed by atoms with E-state index in [1.165, 1.54) is 54.4 Å². The lowest BCUT2D eigenvalue weighted by molar-refractivity contribution is 0.104. The predicted molar refractivity (Wildman–Crippen MR) is 178 cm³/mol. The highest BCUT2D eigenvalue weighted by atomic mass is 19.1. The normalized spacial score (nSPS) is 25.9. The Bertz CT molecular complexity index is 1080. The van der Waals surface area contributed by atoms with Gasteiger partial charge in [-0.1, -0.05) is 102 Å². The number of benzene rings is 1. The summed E-state index contributed by atoms with van der Waals surface area (Å²) >= 11 is 0. The van der Waals surface area contributed by atoms with E-state index in [1.54, 1.807) is 0 Å². The zero-order valence-electron chi connectivity index (χ0n) is 27.3. The van der Waals surface area contributed by atoms with Gasteiger partial charge in [-0.3, -0.25) is 0 Å². The van der Waals surface area contributed by atoms with Gasteiger partial charge < -0.3 is 10.2 Å². The van der Waals surface area contributed by atoms with Crippen LogP contribution in [-0.2, 0) is 12.8 Å². The summed E-state index contributed by atoms with van der Waals surface area (Å²) in [5.74, 6) is 0.800. The number of unbranched alkanes of at least 4 members (excludes halogenated alkanes) is 2. The largest absolute Gasteiger partial charge is 0.388 e. The Morgan fingerprint density at radius 1 is 1.10 bits per heavy atom. The number of allylic oxidation sites excluding steroid dienone is 4. The van der Waals surface area contributed by atoms with Gasteiger partial charge in [-0.25, -0.2) is 4.39 Å². The van der Waals surface area contributed by atoms with Gasteiger partial charge in [0.05, 0.1) is 5.92 Å². The van der Waals surface area contributed by atoms with Crippen molar-refractivity contribution in [1.29, 1.82) is 0 Å². The third-order valence-electron chi connectivity index (χ3n) is 9.65. The highest BCUT2D eigenvalue weighted by Crippen LogP contribution is 2.42. The van der Waals surface area contributed by atoms with Crippen molar-refractivity contribution in [2.75, 3.05) is 20.6 Å². The van der Waals surface area contributed by atoms with Crippen LogP contribution in [0.3, 0.4) is 0 Å². The summed E-state index contributed by atoms with van der Waals surface area (Å²) < 4.78 is 16.4. The van der Waals surface area contributed by atoms with Crippen molar-refractivity contribution >= 4 is 5.70 Å². The van der Waals surface area contributed by atoms with Crippen LogP contribution in [0.1, 0.15) is 115 Å². The van der Waals surface area contributed by atoms with Gasteiger partial charge in [0.2, 0.25) is 0 Å². The second-order valence-corrected chi connectivity index (χ2v) is 13.4. The average Bonchev–Trinajstić information content (AvgIpc) is 2.95. The fourth-order valence-electron chi connectivity index (χ4n) is 7.13. The van der Waals surface area contributed by atoms with E-state index in [9.17, 15) is 0 Å². The summed E-state index contributed by atoms with van der Waals surface area (Å²) in [6.45, 7) is 18.1. The summed E-state index contributed by atoms with van der Waals surface area (Å²) in [6.07, 6.45) is 19.0. The minimum absolute atomic E-state index is 0.272. The number of aryl methyl sites for hydroxylation is 2. The number of rotatable bonds is 11. The second-order valence-electron chi connectivity index (χ2n) is 13.4. The Kier molecular flexibility index (Phi) is 12.8. The summed E-state index contributed by atoms with van der Waals surface area (Å²) in [7, 11) is 4.13. The van der Waals surface area contributed by atoms with Crippen LogP contribution in [0, 0.1) is 17.8 Å². The topological polar surface area (TPSA) is 15.3 Å². The monoisotopic (exact) mass is 562 g/mol. The van der Waals surface area contributed by atoms with Gasteiger partial charge in [0, 0.05) is 37.6 Å². The van der Waals surface area contributed by atoms with E-state index in [0.717, 1.165) is 68.5 Å². The molecular formula is C38H59FN2. The number of hydrogen-bond donors (Lipinski definition) is 1. The molecule has 4 unspecified atom stereocenters. The minimum Gasteiger partial charge on any atom is -0.388 e. The Balaban J connectivity index is 1.53. The first kappa shape index (κ1) is 33.2.